The number of carbonyl (C=O) groups is 2. The molecule has 10 nitrogen and oxygen atoms in total. The molecule has 5 rings (SSSR count). The second kappa shape index (κ2) is 11.1. The van der Waals surface area contributed by atoms with Crippen LogP contribution >= 0.6 is 0 Å². The summed E-state index contributed by atoms with van der Waals surface area (Å²) in [5.41, 5.74) is 1.66. The molecule has 0 saturated carbocycles. The average molecular weight is 489 g/mol. The molecule has 10 heteroatoms. The molecule has 4 heterocycles. The van der Waals surface area contributed by atoms with Crippen LogP contribution < -0.4 is 9.80 Å². The minimum Gasteiger partial charge on any atom is -0.459 e. The van der Waals surface area contributed by atoms with E-state index >= 15 is 0 Å². The molecule has 0 N–H and O–H groups in total. The summed E-state index contributed by atoms with van der Waals surface area (Å²) < 4.78 is 11.2. The van der Waals surface area contributed by atoms with Crippen molar-refractivity contribution in [1.29, 1.82) is 0 Å². The van der Waals surface area contributed by atoms with E-state index in [-0.39, 0.29) is 37.2 Å². The molecule has 2 aliphatic rings. The fraction of sp³-hybridized carbons (Fsp3) is 0.385. The number of anilines is 2. The van der Waals surface area contributed by atoms with Crippen LogP contribution in [0.15, 0.2) is 61.2 Å². The first-order chi connectivity index (χ1) is 17.7. The van der Waals surface area contributed by atoms with Crippen LogP contribution in [0, 0.1) is 0 Å². The van der Waals surface area contributed by atoms with E-state index in [1.165, 1.54) is 0 Å². The number of carbonyl (C=O) groups excluding carboxylic acids is 2. The maximum atomic E-state index is 12.8. The van der Waals surface area contributed by atoms with Gasteiger partial charge in [0.1, 0.15) is 25.3 Å². The molecule has 2 aliphatic heterocycles. The number of ether oxygens (including phenoxy) is 2. The SMILES string of the molecule is O=C(OCc1cccc(COC(=O)[C@@H]2CCCN2c2ncccn2)c1)[C@H]1CCCN1c1ncccn1. The third kappa shape index (κ3) is 5.42. The Morgan fingerprint density at radius 1 is 0.722 bits per heavy atom. The number of hydrogen-bond acceptors (Lipinski definition) is 10. The molecule has 0 unspecified atom stereocenters. The zero-order valence-corrected chi connectivity index (χ0v) is 19.9. The Balaban J connectivity index is 1.14. The molecule has 186 valence electrons. The van der Waals surface area contributed by atoms with Crippen molar-refractivity contribution in [2.45, 2.75) is 51.0 Å². The van der Waals surface area contributed by atoms with Crippen LogP contribution in [-0.2, 0) is 32.3 Å². The Morgan fingerprint density at radius 3 is 1.61 bits per heavy atom. The van der Waals surface area contributed by atoms with E-state index in [2.05, 4.69) is 19.9 Å². The van der Waals surface area contributed by atoms with Gasteiger partial charge in [0, 0.05) is 37.9 Å². The van der Waals surface area contributed by atoms with Crippen molar-refractivity contribution in [2.75, 3.05) is 22.9 Å². The third-order valence-corrected chi connectivity index (χ3v) is 6.42. The smallest absolute Gasteiger partial charge is 0.329 e. The largest absolute Gasteiger partial charge is 0.459 e. The van der Waals surface area contributed by atoms with Gasteiger partial charge in [-0.15, -0.1) is 0 Å². The number of esters is 2. The predicted molar refractivity (Wildman–Crippen MR) is 131 cm³/mol. The first-order valence-electron chi connectivity index (χ1n) is 12.2. The standard InChI is InChI=1S/C26H28N6O4/c33-23(21-8-2-14-31(21)25-27-10-4-11-28-25)35-17-19-6-1-7-20(16-19)18-36-24(34)22-9-3-15-32(22)26-29-12-5-13-30-26/h1,4-7,10-13,16,21-22H,2-3,8-9,14-15,17-18H2/t21-,22+. The lowest BCUT2D eigenvalue weighted by Gasteiger charge is -2.23. The summed E-state index contributed by atoms with van der Waals surface area (Å²) in [5.74, 6) is 0.503. The quantitative estimate of drug-likeness (QED) is 0.439. The van der Waals surface area contributed by atoms with Gasteiger partial charge in [-0.25, -0.2) is 29.5 Å². The highest BCUT2D eigenvalue weighted by Gasteiger charge is 2.34. The molecule has 2 aromatic heterocycles. The maximum absolute atomic E-state index is 12.8. The highest BCUT2D eigenvalue weighted by atomic mass is 16.5. The highest BCUT2D eigenvalue weighted by Crippen LogP contribution is 2.24. The summed E-state index contributed by atoms with van der Waals surface area (Å²) in [5, 5.41) is 0. The van der Waals surface area contributed by atoms with E-state index < -0.39 is 0 Å². The van der Waals surface area contributed by atoms with E-state index in [1.54, 1.807) is 36.9 Å². The summed E-state index contributed by atoms with van der Waals surface area (Å²) in [6.45, 7) is 1.73. The molecule has 2 saturated heterocycles. The van der Waals surface area contributed by atoms with E-state index in [0.29, 0.717) is 24.7 Å². The summed E-state index contributed by atoms with van der Waals surface area (Å²) in [6.07, 6.45) is 9.85. The van der Waals surface area contributed by atoms with E-state index in [1.807, 2.05) is 34.1 Å². The summed E-state index contributed by atoms with van der Waals surface area (Å²) in [7, 11) is 0. The second-order valence-electron chi connectivity index (χ2n) is 8.84. The minimum atomic E-state index is -0.389. The van der Waals surface area contributed by atoms with Gasteiger partial charge in [0.2, 0.25) is 11.9 Å². The van der Waals surface area contributed by atoms with Gasteiger partial charge in [0.25, 0.3) is 0 Å². The van der Waals surface area contributed by atoms with E-state index in [4.69, 9.17) is 9.47 Å². The molecule has 3 aromatic rings. The van der Waals surface area contributed by atoms with Gasteiger partial charge in [-0.3, -0.25) is 0 Å². The average Bonchev–Trinajstić information content (AvgIpc) is 3.62. The Labute approximate surface area is 209 Å². The van der Waals surface area contributed by atoms with Crippen molar-refractivity contribution in [3.05, 3.63) is 72.3 Å². The van der Waals surface area contributed by atoms with Gasteiger partial charge in [-0.1, -0.05) is 18.2 Å². The fourth-order valence-electron chi connectivity index (χ4n) is 4.69. The van der Waals surface area contributed by atoms with Crippen LogP contribution in [0.3, 0.4) is 0 Å². The number of aromatic nitrogens is 4. The molecule has 2 atom stereocenters. The summed E-state index contributed by atoms with van der Waals surface area (Å²) in [4.78, 5) is 46.4. The van der Waals surface area contributed by atoms with Crippen molar-refractivity contribution in [3.63, 3.8) is 0 Å². The Morgan fingerprint density at radius 2 is 1.17 bits per heavy atom. The summed E-state index contributed by atoms with van der Waals surface area (Å²) >= 11 is 0. The molecule has 0 aliphatic carbocycles. The number of hydrogen-bond donors (Lipinski definition) is 0. The maximum Gasteiger partial charge on any atom is 0.329 e. The first kappa shape index (κ1) is 23.7. The Hall–Kier alpha value is -4.08. The zero-order chi connectivity index (χ0) is 24.7. The molecule has 36 heavy (non-hydrogen) atoms. The van der Waals surface area contributed by atoms with E-state index in [9.17, 15) is 9.59 Å². The van der Waals surface area contributed by atoms with E-state index in [0.717, 1.165) is 37.1 Å². The van der Waals surface area contributed by atoms with Crippen LogP contribution in [0.2, 0.25) is 0 Å². The lowest BCUT2D eigenvalue weighted by Crippen LogP contribution is -2.38. The fourth-order valence-corrected chi connectivity index (χ4v) is 4.69. The molecule has 0 radical (unpaired) electrons. The lowest BCUT2D eigenvalue weighted by atomic mass is 10.1. The van der Waals surface area contributed by atoms with Crippen molar-refractivity contribution in [2.24, 2.45) is 0 Å². The predicted octanol–water partition coefficient (Wildman–Crippen LogP) is 2.69. The minimum absolute atomic E-state index is 0.141. The van der Waals surface area contributed by atoms with Crippen LogP contribution in [0.25, 0.3) is 0 Å². The first-order valence-corrected chi connectivity index (χ1v) is 12.2. The van der Waals surface area contributed by atoms with Crippen LogP contribution in [0.1, 0.15) is 36.8 Å². The van der Waals surface area contributed by atoms with Gasteiger partial charge in [0.05, 0.1) is 0 Å². The molecule has 0 spiro atoms. The van der Waals surface area contributed by atoms with Crippen LogP contribution in [0.4, 0.5) is 11.9 Å². The molecule has 0 amide bonds. The van der Waals surface area contributed by atoms with Gasteiger partial charge in [0.15, 0.2) is 0 Å². The van der Waals surface area contributed by atoms with Gasteiger partial charge < -0.3 is 19.3 Å². The third-order valence-electron chi connectivity index (χ3n) is 6.42. The van der Waals surface area contributed by atoms with Gasteiger partial charge in [-0.05, 0) is 55.0 Å². The molecule has 2 fully saturated rings. The van der Waals surface area contributed by atoms with Crippen LogP contribution in [0.5, 0.6) is 0 Å². The van der Waals surface area contributed by atoms with Crippen molar-refractivity contribution >= 4 is 23.8 Å². The van der Waals surface area contributed by atoms with Crippen LogP contribution in [-0.4, -0.2) is 57.0 Å². The Kier molecular flexibility index (Phi) is 7.30. The van der Waals surface area contributed by atoms with Crippen molar-refractivity contribution in [1.82, 2.24) is 19.9 Å². The zero-order valence-electron chi connectivity index (χ0n) is 19.9. The van der Waals surface area contributed by atoms with Gasteiger partial charge >= 0.3 is 11.9 Å². The second-order valence-corrected chi connectivity index (χ2v) is 8.84. The number of nitrogens with zero attached hydrogens (tertiary/aromatic N) is 6. The Bertz CT molecular complexity index is 1090. The summed E-state index contributed by atoms with van der Waals surface area (Å²) in [6, 6.07) is 10.2. The van der Waals surface area contributed by atoms with Crippen molar-refractivity contribution in [3.8, 4) is 0 Å². The van der Waals surface area contributed by atoms with Gasteiger partial charge in [-0.2, -0.15) is 0 Å². The topological polar surface area (TPSA) is 111 Å². The number of rotatable bonds is 8. The normalized spacial score (nSPS) is 19.3. The highest BCUT2D eigenvalue weighted by molar-refractivity contribution is 5.80. The lowest BCUT2D eigenvalue weighted by molar-refractivity contribution is -0.147. The molecule has 1 aromatic carbocycles. The monoisotopic (exact) mass is 488 g/mol. The molecular formula is C26H28N6O4. The number of benzene rings is 1. The van der Waals surface area contributed by atoms with Crippen molar-refractivity contribution < 1.29 is 19.1 Å². The molecule has 0 bridgehead atoms. The molecular weight excluding hydrogens is 460 g/mol.